The fourth-order valence-electron chi connectivity index (χ4n) is 5.29. The Bertz CT molecular complexity index is 766. The molecule has 0 aromatic carbocycles. The van der Waals surface area contributed by atoms with Crippen molar-refractivity contribution in [3.8, 4) is 0 Å². The van der Waals surface area contributed by atoms with E-state index in [1.165, 1.54) is 4.90 Å². The molecule has 3 amide bonds. The Morgan fingerprint density at radius 2 is 1.75 bits per heavy atom. The number of likely N-dealkylation sites (tertiary alicyclic amines) is 1. The van der Waals surface area contributed by atoms with Crippen molar-refractivity contribution in [2.75, 3.05) is 44.2 Å². The van der Waals surface area contributed by atoms with Crippen molar-refractivity contribution >= 4 is 27.6 Å². The summed E-state index contributed by atoms with van der Waals surface area (Å²) >= 11 is 0. The predicted molar refractivity (Wildman–Crippen MR) is 102 cm³/mol. The molecule has 4 aliphatic rings. The minimum absolute atomic E-state index is 0.0355. The van der Waals surface area contributed by atoms with Crippen molar-refractivity contribution in [1.29, 1.82) is 0 Å². The molecule has 0 aromatic heterocycles. The van der Waals surface area contributed by atoms with Crippen LogP contribution in [0.25, 0.3) is 0 Å². The Morgan fingerprint density at radius 1 is 1.07 bits per heavy atom. The minimum Gasteiger partial charge on any atom is -0.340 e. The van der Waals surface area contributed by atoms with E-state index in [9.17, 15) is 22.8 Å². The van der Waals surface area contributed by atoms with E-state index in [4.69, 9.17) is 0 Å². The lowest BCUT2D eigenvalue weighted by Gasteiger charge is -2.37. The number of hydrogen-bond donors (Lipinski definition) is 0. The van der Waals surface area contributed by atoms with Crippen LogP contribution in [-0.4, -0.2) is 91.1 Å². The van der Waals surface area contributed by atoms with E-state index in [2.05, 4.69) is 4.90 Å². The molecule has 3 aliphatic heterocycles. The number of amides is 3. The maximum Gasteiger partial charge on any atom is 0.235 e. The maximum atomic E-state index is 12.7. The van der Waals surface area contributed by atoms with Crippen molar-refractivity contribution in [3.05, 3.63) is 0 Å². The van der Waals surface area contributed by atoms with E-state index in [0.717, 1.165) is 25.7 Å². The lowest BCUT2D eigenvalue weighted by atomic mass is 9.84. The van der Waals surface area contributed by atoms with Gasteiger partial charge >= 0.3 is 0 Å². The van der Waals surface area contributed by atoms with Gasteiger partial charge in [-0.25, -0.2) is 8.42 Å². The van der Waals surface area contributed by atoms with Crippen LogP contribution in [0.2, 0.25) is 0 Å². The van der Waals surface area contributed by atoms with Gasteiger partial charge in [0.25, 0.3) is 0 Å². The van der Waals surface area contributed by atoms with Crippen LogP contribution in [-0.2, 0) is 24.2 Å². The van der Waals surface area contributed by atoms with E-state index in [-0.39, 0.29) is 48.2 Å². The molecule has 0 aromatic rings. The fourth-order valence-corrected chi connectivity index (χ4v) is 7.06. The summed E-state index contributed by atoms with van der Waals surface area (Å²) in [5.41, 5.74) is -0.479. The summed E-state index contributed by atoms with van der Waals surface area (Å²) in [5, 5.41) is 0. The average Bonchev–Trinajstić information content (AvgIpc) is 3.34. The molecule has 1 atom stereocenters. The van der Waals surface area contributed by atoms with Crippen LogP contribution in [0, 0.1) is 5.41 Å². The number of piperazine rings is 1. The first-order valence-electron chi connectivity index (χ1n) is 10.4. The van der Waals surface area contributed by atoms with Crippen molar-refractivity contribution < 1.29 is 22.8 Å². The molecule has 0 bridgehead atoms. The summed E-state index contributed by atoms with van der Waals surface area (Å²) in [6, 6.07) is 0.0738. The van der Waals surface area contributed by atoms with Gasteiger partial charge in [0, 0.05) is 51.6 Å². The number of rotatable bonds is 4. The molecule has 156 valence electrons. The van der Waals surface area contributed by atoms with E-state index in [1.54, 1.807) is 4.90 Å². The van der Waals surface area contributed by atoms with Crippen LogP contribution in [0.15, 0.2) is 0 Å². The van der Waals surface area contributed by atoms with E-state index < -0.39 is 15.3 Å². The third-order valence-electron chi connectivity index (χ3n) is 6.99. The van der Waals surface area contributed by atoms with Gasteiger partial charge in [0.2, 0.25) is 17.7 Å². The average molecular weight is 412 g/mol. The lowest BCUT2D eigenvalue weighted by molar-refractivity contribution is -0.142. The molecule has 3 heterocycles. The summed E-state index contributed by atoms with van der Waals surface area (Å²) in [4.78, 5) is 42.8. The first kappa shape index (κ1) is 19.8. The first-order valence-corrected chi connectivity index (χ1v) is 12.2. The molecule has 4 fully saturated rings. The van der Waals surface area contributed by atoms with Crippen molar-refractivity contribution in [2.45, 2.75) is 51.0 Å². The van der Waals surface area contributed by atoms with E-state index in [0.29, 0.717) is 39.0 Å². The molecule has 0 radical (unpaired) electrons. The van der Waals surface area contributed by atoms with E-state index >= 15 is 0 Å². The molecule has 9 heteroatoms. The third-order valence-corrected chi connectivity index (χ3v) is 8.74. The predicted octanol–water partition coefficient (Wildman–Crippen LogP) is 0.0271. The summed E-state index contributed by atoms with van der Waals surface area (Å²) in [6.07, 6.45) is 4.74. The zero-order chi connectivity index (χ0) is 19.9. The Kier molecular flexibility index (Phi) is 5.24. The second-order valence-electron chi connectivity index (χ2n) is 8.74. The summed E-state index contributed by atoms with van der Waals surface area (Å²) < 4.78 is 23.3. The molecule has 1 saturated carbocycles. The number of carbonyl (C=O) groups excluding carboxylic acids is 3. The van der Waals surface area contributed by atoms with Gasteiger partial charge < -0.3 is 4.90 Å². The SMILES string of the molecule is O=C(CCN1C(=O)CC2(CCCC2)C1=O)N1CCN(C2CCS(=O)(=O)C2)CC1. The second-order valence-corrected chi connectivity index (χ2v) is 11.0. The second kappa shape index (κ2) is 7.40. The highest BCUT2D eigenvalue weighted by Crippen LogP contribution is 2.46. The van der Waals surface area contributed by atoms with Crippen LogP contribution in [0.5, 0.6) is 0 Å². The van der Waals surface area contributed by atoms with Crippen LogP contribution < -0.4 is 0 Å². The van der Waals surface area contributed by atoms with Gasteiger partial charge in [0.1, 0.15) is 0 Å². The van der Waals surface area contributed by atoms with Gasteiger partial charge in [-0.3, -0.25) is 24.2 Å². The van der Waals surface area contributed by atoms with Crippen molar-refractivity contribution in [3.63, 3.8) is 0 Å². The lowest BCUT2D eigenvalue weighted by Crippen LogP contribution is -2.52. The molecule has 28 heavy (non-hydrogen) atoms. The minimum atomic E-state index is -2.90. The van der Waals surface area contributed by atoms with Gasteiger partial charge in [0.15, 0.2) is 9.84 Å². The van der Waals surface area contributed by atoms with Crippen LogP contribution in [0.1, 0.15) is 44.9 Å². The summed E-state index contributed by atoms with van der Waals surface area (Å²) in [6.45, 7) is 2.68. The zero-order valence-electron chi connectivity index (χ0n) is 16.3. The first-order chi connectivity index (χ1) is 13.3. The molecule has 1 aliphatic carbocycles. The van der Waals surface area contributed by atoms with Crippen molar-refractivity contribution in [1.82, 2.24) is 14.7 Å². The number of carbonyl (C=O) groups is 3. The Morgan fingerprint density at radius 3 is 2.36 bits per heavy atom. The van der Waals surface area contributed by atoms with Gasteiger partial charge in [-0.1, -0.05) is 12.8 Å². The van der Waals surface area contributed by atoms with E-state index in [1.807, 2.05) is 0 Å². The molecule has 8 nitrogen and oxygen atoms in total. The number of hydrogen-bond acceptors (Lipinski definition) is 6. The molecule has 1 spiro atoms. The Hall–Kier alpha value is -1.48. The largest absolute Gasteiger partial charge is 0.340 e. The molecule has 1 unspecified atom stereocenters. The Balaban J connectivity index is 1.25. The summed E-state index contributed by atoms with van der Waals surface area (Å²) in [5.74, 6) is 0.242. The highest BCUT2D eigenvalue weighted by atomic mass is 32.2. The standard InChI is InChI=1S/C19H29N3O5S/c23-16(3-7-22-17(24)13-19(18(22)25)5-1-2-6-19)21-10-8-20(9-11-21)15-4-12-28(26,27)14-15/h15H,1-14H2. The van der Waals surface area contributed by atoms with Crippen LogP contribution >= 0.6 is 0 Å². The molecule has 0 N–H and O–H groups in total. The number of imide groups is 1. The van der Waals surface area contributed by atoms with Gasteiger partial charge in [-0.05, 0) is 19.3 Å². The van der Waals surface area contributed by atoms with Gasteiger partial charge in [-0.15, -0.1) is 0 Å². The van der Waals surface area contributed by atoms with Gasteiger partial charge in [0.05, 0.1) is 16.9 Å². The smallest absolute Gasteiger partial charge is 0.235 e. The van der Waals surface area contributed by atoms with Gasteiger partial charge in [-0.2, -0.15) is 0 Å². The number of sulfone groups is 1. The molecular formula is C19H29N3O5S. The quantitative estimate of drug-likeness (QED) is 0.606. The highest BCUT2D eigenvalue weighted by molar-refractivity contribution is 7.91. The molecule has 3 saturated heterocycles. The highest BCUT2D eigenvalue weighted by Gasteiger charge is 2.52. The number of nitrogens with zero attached hydrogens (tertiary/aromatic N) is 3. The molecule has 4 rings (SSSR count). The van der Waals surface area contributed by atoms with Crippen LogP contribution in [0.3, 0.4) is 0 Å². The summed E-state index contributed by atoms with van der Waals surface area (Å²) in [7, 11) is -2.90. The topological polar surface area (TPSA) is 95.1 Å². The Labute approximate surface area is 166 Å². The zero-order valence-corrected chi connectivity index (χ0v) is 17.1. The fraction of sp³-hybridized carbons (Fsp3) is 0.842. The molecular weight excluding hydrogens is 382 g/mol. The monoisotopic (exact) mass is 411 g/mol. The third kappa shape index (κ3) is 3.70. The normalized spacial score (nSPS) is 29.9. The van der Waals surface area contributed by atoms with Crippen LogP contribution in [0.4, 0.5) is 0 Å². The maximum absolute atomic E-state index is 12.7. The van der Waals surface area contributed by atoms with Crippen molar-refractivity contribution in [2.24, 2.45) is 5.41 Å².